The number of para-hydroxylation sites is 2. The zero-order valence-corrected chi connectivity index (χ0v) is 14.1. The second-order valence-electron chi connectivity index (χ2n) is 6.08. The highest BCUT2D eigenvalue weighted by atomic mass is 16.5. The molecule has 0 saturated heterocycles. The summed E-state index contributed by atoms with van der Waals surface area (Å²) in [7, 11) is 0. The lowest BCUT2D eigenvalue weighted by molar-refractivity contribution is 0.309. The van der Waals surface area contributed by atoms with Gasteiger partial charge in [-0.2, -0.15) is 0 Å². The maximum absolute atomic E-state index is 5.97. The maximum Gasteiger partial charge on any atom is 0.212 e. The van der Waals surface area contributed by atoms with E-state index < -0.39 is 0 Å². The molecule has 2 aromatic carbocycles. The van der Waals surface area contributed by atoms with Gasteiger partial charge in [0, 0.05) is 0 Å². The average molecular weight is 335 g/mol. The number of guanidine groups is 1. The maximum atomic E-state index is 5.97. The monoisotopic (exact) mass is 335 g/mol. The molecule has 25 heavy (non-hydrogen) atoms. The van der Waals surface area contributed by atoms with Crippen LogP contribution in [-0.2, 0) is 0 Å². The Labute approximate surface area is 146 Å². The summed E-state index contributed by atoms with van der Waals surface area (Å²) < 4.78 is 7.81. The predicted molar refractivity (Wildman–Crippen MR) is 100.0 cm³/mol. The first kappa shape index (κ1) is 15.5. The lowest BCUT2D eigenvalue weighted by Gasteiger charge is -2.24. The third-order valence-electron chi connectivity index (χ3n) is 4.29. The first-order chi connectivity index (χ1) is 12.3. The minimum absolute atomic E-state index is 0.242. The summed E-state index contributed by atoms with van der Waals surface area (Å²) in [4.78, 5) is 9.20. The summed E-state index contributed by atoms with van der Waals surface area (Å²) in [6.45, 7) is 2.89. The Balaban J connectivity index is 1.69. The van der Waals surface area contributed by atoms with Crippen molar-refractivity contribution in [2.24, 2.45) is 10.7 Å². The van der Waals surface area contributed by atoms with Crippen molar-refractivity contribution in [2.45, 2.75) is 25.9 Å². The molecule has 1 aliphatic rings. The standard InChI is InChI=1S/C19H21N5O/c1-2-3-12-25-14-10-8-13(9-11-14)17-22-18(20)23-19-21-15-6-4-5-7-16(15)24(17)19/h4-11,17H,2-3,12H2,1H3,(H3,20,21,22,23)/t17-/m0/s1. The van der Waals surface area contributed by atoms with Gasteiger partial charge in [0.05, 0.1) is 17.6 Å². The van der Waals surface area contributed by atoms with Gasteiger partial charge >= 0.3 is 0 Å². The Morgan fingerprint density at radius 2 is 1.96 bits per heavy atom. The van der Waals surface area contributed by atoms with Gasteiger partial charge in [-0.25, -0.2) is 9.98 Å². The molecule has 3 N–H and O–H groups in total. The molecule has 6 heteroatoms. The number of rotatable bonds is 5. The first-order valence-corrected chi connectivity index (χ1v) is 8.56. The van der Waals surface area contributed by atoms with Gasteiger partial charge in [0.1, 0.15) is 5.75 Å². The fraction of sp³-hybridized carbons (Fsp3) is 0.263. The number of ether oxygens (including phenoxy) is 1. The van der Waals surface area contributed by atoms with E-state index in [1.165, 1.54) is 0 Å². The van der Waals surface area contributed by atoms with E-state index in [1.54, 1.807) is 0 Å². The largest absolute Gasteiger partial charge is 0.494 e. The van der Waals surface area contributed by atoms with Gasteiger partial charge in [-0.3, -0.25) is 9.88 Å². The SMILES string of the molecule is CCCCOc1ccc([C@H]2N=C(N)Nc3nc4ccccc4n32)cc1. The van der Waals surface area contributed by atoms with Crippen molar-refractivity contribution < 1.29 is 4.74 Å². The van der Waals surface area contributed by atoms with E-state index in [9.17, 15) is 0 Å². The van der Waals surface area contributed by atoms with Crippen molar-refractivity contribution >= 4 is 22.9 Å². The Morgan fingerprint density at radius 1 is 1.16 bits per heavy atom. The predicted octanol–water partition coefficient (Wildman–Crippen LogP) is 3.50. The van der Waals surface area contributed by atoms with Gasteiger partial charge in [-0.1, -0.05) is 37.6 Å². The Hall–Kier alpha value is -3.02. The minimum Gasteiger partial charge on any atom is -0.494 e. The molecule has 0 fully saturated rings. The van der Waals surface area contributed by atoms with Gasteiger partial charge < -0.3 is 10.5 Å². The molecule has 0 radical (unpaired) electrons. The van der Waals surface area contributed by atoms with Gasteiger partial charge in [0.15, 0.2) is 12.1 Å². The number of unbranched alkanes of at least 4 members (excludes halogenated alkanes) is 1. The molecule has 1 aromatic heterocycles. The first-order valence-electron chi connectivity index (χ1n) is 8.56. The Kier molecular flexibility index (Phi) is 4.01. The summed E-state index contributed by atoms with van der Waals surface area (Å²) in [6, 6.07) is 16.0. The van der Waals surface area contributed by atoms with Crippen LogP contribution in [-0.4, -0.2) is 22.1 Å². The zero-order valence-electron chi connectivity index (χ0n) is 14.1. The van der Waals surface area contributed by atoms with E-state index in [0.29, 0.717) is 11.9 Å². The van der Waals surface area contributed by atoms with E-state index >= 15 is 0 Å². The number of nitrogens with two attached hydrogens (primary N) is 1. The van der Waals surface area contributed by atoms with E-state index in [2.05, 4.69) is 26.8 Å². The highest BCUT2D eigenvalue weighted by Gasteiger charge is 2.24. The van der Waals surface area contributed by atoms with E-state index in [0.717, 1.165) is 41.8 Å². The summed E-state index contributed by atoms with van der Waals surface area (Å²) in [5.74, 6) is 1.96. The molecule has 3 aromatic rings. The van der Waals surface area contributed by atoms with Crippen LogP contribution in [0.4, 0.5) is 5.95 Å². The fourth-order valence-electron chi connectivity index (χ4n) is 3.01. The molecule has 0 spiro atoms. The minimum atomic E-state index is -0.242. The Morgan fingerprint density at radius 3 is 2.76 bits per heavy atom. The molecular formula is C19H21N5O. The molecule has 128 valence electrons. The number of anilines is 1. The third kappa shape index (κ3) is 2.91. The molecule has 0 saturated carbocycles. The van der Waals surface area contributed by atoms with Gasteiger partial charge in [0.2, 0.25) is 5.95 Å². The second kappa shape index (κ2) is 6.47. The molecule has 1 atom stereocenters. The van der Waals surface area contributed by atoms with E-state index in [-0.39, 0.29) is 6.17 Å². The van der Waals surface area contributed by atoms with Crippen LogP contribution in [0.25, 0.3) is 11.0 Å². The highest BCUT2D eigenvalue weighted by Crippen LogP contribution is 2.32. The molecule has 4 rings (SSSR count). The number of imidazole rings is 1. The van der Waals surface area contributed by atoms with Crippen molar-refractivity contribution in [1.82, 2.24) is 9.55 Å². The number of nitrogens with one attached hydrogen (secondary N) is 1. The fourth-order valence-corrected chi connectivity index (χ4v) is 3.01. The van der Waals surface area contributed by atoms with Gasteiger partial charge in [0.25, 0.3) is 0 Å². The second-order valence-corrected chi connectivity index (χ2v) is 6.08. The third-order valence-corrected chi connectivity index (χ3v) is 4.29. The van der Waals surface area contributed by atoms with Crippen molar-refractivity contribution in [3.63, 3.8) is 0 Å². The zero-order chi connectivity index (χ0) is 17.2. The summed E-state index contributed by atoms with van der Waals surface area (Å²) >= 11 is 0. The summed E-state index contributed by atoms with van der Waals surface area (Å²) in [5, 5.41) is 3.05. The van der Waals surface area contributed by atoms with Crippen LogP contribution in [0.5, 0.6) is 5.75 Å². The summed E-state index contributed by atoms with van der Waals surface area (Å²) in [5.41, 5.74) is 8.95. The molecule has 0 unspecified atom stereocenters. The molecule has 0 bridgehead atoms. The summed E-state index contributed by atoms with van der Waals surface area (Å²) in [6.07, 6.45) is 1.94. The lowest BCUT2D eigenvalue weighted by Crippen LogP contribution is -2.31. The van der Waals surface area contributed by atoms with Crippen LogP contribution in [0.2, 0.25) is 0 Å². The highest BCUT2D eigenvalue weighted by molar-refractivity contribution is 5.94. The normalized spacial score (nSPS) is 16.2. The van der Waals surface area contributed by atoms with E-state index in [4.69, 9.17) is 10.5 Å². The van der Waals surface area contributed by atoms with Gasteiger partial charge in [-0.05, 0) is 36.2 Å². The number of hydrogen-bond acceptors (Lipinski definition) is 5. The Bertz CT molecular complexity index is 913. The number of fused-ring (bicyclic) bond motifs is 3. The van der Waals surface area contributed by atoms with E-state index in [1.807, 2.05) is 48.5 Å². The number of nitrogens with zero attached hydrogens (tertiary/aromatic N) is 3. The van der Waals surface area contributed by atoms with Crippen LogP contribution in [0.3, 0.4) is 0 Å². The van der Waals surface area contributed by atoms with Crippen LogP contribution < -0.4 is 15.8 Å². The number of hydrogen-bond donors (Lipinski definition) is 2. The molecule has 0 aliphatic carbocycles. The topological polar surface area (TPSA) is 77.5 Å². The number of aromatic nitrogens is 2. The number of benzene rings is 2. The molecule has 1 aliphatic heterocycles. The lowest BCUT2D eigenvalue weighted by atomic mass is 10.1. The number of aliphatic imine (C=N–C) groups is 1. The molecule has 2 heterocycles. The molecular weight excluding hydrogens is 314 g/mol. The quantitative estimate of drug-likeness (QED) is 0.700. The van der Waals surface area contributed by atoms with Crippen LogP contribution >= 0.6 is 0 Å². The molecule has 0 amide bonds. The van der Waals surface area contributed by atoms with Crippen molar-refractivity contribution in [3.8, 4) is 5.75 Å². The van der Waals surface area contributed by atoms with Crippen LogP contribution in [0.15, 0.2) is 53.5 Å². The molecule has 6 nitrogen and oxygen atoms in total. The van der Waals surface area contributed by atoms with Gasteiger partial charge in [-0.15, -0.1) is 0 Å². The van der Waals surface area contributed by atoms with Crippen molar-refractivity contribution in [2.75, 3.05) is 11.9 Å². The van der Waals surface area contributed by atoms with Crippen LogP contribution in [0, 0.1) is 0 Å². The van der Waals surface area contributed by atoms with Crippen LogP contribution in [0.1, 0.15) is 31.5 Å². The smallest absolute Gasteiger partial charge is 0.212 e. The average Bonchev–Trinajstić information content (AvgIpc) is 3.00. The van der Waals surface area contributed by atoms with Crippen molar-refractivity contribution in [1.29, 1.82) is 0 Å². The van der Waals surface area contributed by atoms with Crippen molar-refractivity contribution in [3.05, 3.63) is 54.1 Å².